The Kier molecular flexibility index (Phi) is 6.48. The van der Waals surface area contributed by atoms with Crippen LogP contribution in [0.2, 0.25) is 0 Å². The molecule has 8 nitrogen and oxygen atoms in total. The number of amides is 2. The molecule has 0 saturated carbocycles. The minimum absolute atomic E-state index is 0.129. The normalized spacial score (nSPS) is 28.2. The number of aryl methyl sites for hydroxylation is 1. The van der Waals surface area contributed by atoms with Crippen LogP contribution in [0.5, 0.6) is 0 Å². The molecular weight excluding hydrogens is 482 g/mol. The van der Waals surface area contributed by atoms with Crippen molar-refractivity contribution in [3.8, 4) is 11.3 Å². The van der Waals surface area contributed by atoms with Crippen molar-refractivity contribution in [2.75, 3.05) is 6.61 Å². The first-order chi connectivity index (χ1) is 17.1. The van der Waals surface area contributed by atoms with Crippen molar-refractivity contribution >= 4 is 11.8 Å². The standard InChI is InChI=1S/C24H27F4N5O3/c1-12-6-17(18(25)10-29-12)19-9-20(32-31-19)23(35)33-15-3-4-16(33)8-13(7-15)22(34)30-14-2-5-21(36-11-14)24(26,27)28/h6,9-10,13-16,21H,2-5,7-8,11H2,1H3,(H,30,34)(H,31,32)/t13?,14-,15?,16?,21-/m1/s1. The molecule has 5 heterocycles. The van der Waals surface area contributed by atoms with Crippen molar-refractivity contribution in [1.82, 2.24) is 25.4 Å². The summed E-state index contributed by atoms with van der Waals surface area (Å²) in [4.78, 5) is 31.9. The number of halogens is 4. The number of carbonyl (C=O) groups excluding carboxylic acids is 2. The van der Waals surface area contributed by atoms with Gasteiger partial charge in [0.2, 0.25) is 5.91 Å². The SMILES string of the molecule is Cc1cc(-c2cc(C(=O)N3C4CCC3CC(C(=O)N[C@@H]3CC[C@H](C(F)(F)F)OC3)C4)[nH]n2)c(F)cn1. The van der Waals surface area contributed by atoms with Gasteiger partial charge in [-0.25, -0.2) is 4.39 Å². The minimum Gasteiger partial charge on any atom is -0.367 e. The van der Waals surface area contributed by atoms with Crippen molar-refractivity contribution in [2.24, 2.45) is 5.92 Å². The Morgan fingerprint density at radius 2 is 1.86 bits per heavy atom. The maximum absolute atomic E-state index is 14.2. The summed E-state index contributed by atoms with van der Waals surface area (Å²) in [7, 11) is 0. The number of aromatic nitrogens is 3. The van der Waals surface area contributed by atoms with Crippen LogP contribution in [0.4, 0.5) is 17.6 Å². The molecule has 0 spiro atoms. The van der Waals surface area contributed by atoms with Gasteiger partial charge in [-0.15, -0.1) is 0 Å². The molecule has 3 fully saturated rings. The lowest BCUT2D eigenvalue weighted by Gasteiger charge is -2.39. The van der Waals surface area contributed by atoms with Crippen molar-refractivity contribution in [1.29, 1.82) is 0 Å². The molecule has 0 aromatic carbocycles. The molecule has 12 heteroatoms. The van der Waals surface area contributed by atoms with Crippen LogP contribution in [-0.4, -0.2) is 68.9 Å². The lowest BCUT2D eigenvalue weighted by Crippen LogP contribution is -2.52. The van der Waals surface area contributed by atoms with E-state index in [0.29, 0.717) is 24.2 Å². The predicted molar refractivity (Wildman–Crippen MR) is 119 cm³/mol. The maximum atomic E-state index is 14.2. The average Bonchev–Trinajstić information content (AvgIpc) is 3.42. The molecule has 3 aliphatic rings. The van der Waals surface area contributed by atoms with Crippen molar-refractivity contribution in [2.45, 2.75) is 75.9 Å². The Bertz CT molecular complexity index is 1130. The van der Waals surface area contributed by atoms with E-state index >= 15 is 0 Å². The number of ether oxygens (including phenoxy) is 1. The zero-order valence-electron chi connectivity index (χ0n) is 19.6. The van der Waals surface area contributed by atoms with E-state index in [-0.39, 0.29) is 60.5 Å². The van der Waals surface area contributed by atoms with Crippen LogP contribution in [0.1, 0.15) is 54.7 Å². The minimum atomic E-state index is -4.39. The number of pyridine rings is 1. The first-order valence-electron chi connectivity index (χ1n) is 12.1. The summed E-state index contributed by atoms with van der Waals surface area (Å²) in [5.41, 5.74) is 1.44. The zero-order valence-corrected chi connectivity index (χ0v) is 19.6. The second-order valence-electron chi connectivity index (χ2n) is 9.88. The fourth-order valence-corrected chi connectivity index (χ4v) is 5.61. The molecule has 3 aliphatic heterocycles. The van der Waals surface area contributed by atoms with Crippen LogP contribution in [0.25, 0.3) is 11.3 Å². The highest BCUT2D eigenvalue weighted by Gasteiger charge is 2.47. The summed E-state index contributed by atoms with van der Waals surface area (Å²) in [6, 6.07) is 2.38. The predicted octanol–water partition coefficient (Wildman–Crippen LogP) is 3.53. The fourth-order valence-electron chi connectivity index (χ4n) is 5.61. The van der Waals surface area contributed by atoms with E-state index in [4.69, 9.17) is 4.74 Å². The van der Waals surface area contributed by atoms with Gasteiger partial charge in [-0.3, -0.25) is 19.7 Å². The van der Waals surface area contributed by atoms with Gasteiger partial charge in [0.05, 0.1) is 24.5 Å². The molecule has 2 N–H and O–H groups in total. The highest BCUT2D eigenvalue weighted by Crippen LogP contribution is 2.40. The number of H-pyrrole nitrogens is 1. The second-order valence-corrected chi connectivity index (χ2v) is 9.88. The van der Waals surface area contributed by atoms with E-state index in [1.165, 1.54) is 6.07 Å². The number of fused-ring (bicyclic) bond motifs is 2. The Hall–Kier alpha value is -3.02. The molecule has 4 atom stereocenters. The maximum Gasteiger partial charge on any atom is 0.414 e. The third-order valence-corrected chi connectivity index (χ3v) is 7.40. The molecule has 2 bridgehead atoms. The third kappa shape index (κ3) is 4.82. The van der Waals surface area contributed by atoms with Gasteiger partial charge in [0.25, 0.3) is 5.91 Å². The van der Waals surface area contributed by atoms with Gasteiger partial charge in [-0.1, -0.05) is 0 Å². The highest BCUT2D eigenvalue weighted by molar-refractivity contribution is 5.94. The van der Waals surface area contributed by atoms with E-state index < -0.39 is 24.1 Å². The highest BCUT2D eigenvalue weighted by atomic mass is 19.4. The van der Waals surface area contributed by atoms with Gasteiger partial charge in [-0.2, -0.15) is 18.3 Å². The summed E-state index contributed by atoms with van der Waals surface area (Å²) in [6.45, 7) is 1.57. The van der Waals surface area contributed by atoms with Crippen LogP contribution >= 0.6 is 0 Å². The number of alkyl halides is 3. The molecule has 5 rings (SSSR count). The number of hydrogen-bond donors (Lipinski definition) is 2. The van der Waals surface area contributed by atoms with Gasteiger partial charge in [0.1, 0.15) is 5.69 Å². The van der Waals surface area contributed by atoms with Gasteiger partial charge in [0.15, 0.2) is 11.9 Å². The van der Waals surface area contributed by atoms with Crippen molar-refractivity contribution in [3.05, 3.63) is 35.5 Å². The number of piperidine rings is 1. The summed E-state index contributed by atoms with van der Waals surface area (Å²) in [5, 5.41) is 9.68. The average molecular weight is 510 g/mol. The summed E-state index contributed by atoms with van der Waals surface area (Å²) in [6.07, 6.45) is -2.55. The molecule has 194 valence electrons. The second kappa shape index (κ2) is 9.45. The Morgan fingerprint density at radius 3 is 2.50 bits per heavy atom. The topological polar surface area (TPSA) is 100 Å². The van der Waals surface area contributed by atoms with Crippen LogP contribution in [-0.2, 0) is 9.53 Å². The number of rotatable bonds is 4. The van der Waals surface area contributed by atoms with E-state index in [1.54, 1.807) is 17.9 Å². The molecule has 3 saturated heterocycles. The smallest absolute Gasteiger partial charge is 0.367 e. The number of aromatic amines is 1. The third-order valence-electron chi connectivity index (χ3n) is 7.40. The molecule has 2 aromatic heterocycles. The molecule has 0 radical (unpaired) electrons. The molecule has 2 amide bonds. The largest absolute Gasteiger partial charge is 0.414 e. The van der Waals surface area contributed by atoms with Gasteiger partial charge < -0.3 is 15.0 Å². The lowest BCUT2D eigenvalue weighted by atomic mass is 9.89. The number of hydrogen-bond acceptors (Lipinski definition) is 5. The monoisotopic (exact) mass is 509 g/mol. The van der Waals surface area contributed by atoms with Crippen LogP contribution < -0.4 is 5.32 Å². The molecule has 2 unspecified atom stereocenters. The van der Waals surface area contributed by atoms with Gasteiger partial charge in [-0.05, 0) is 57.6 Å². The van der Waals surface area contributed by atoms with Crippen molar-refractivity contribution in [3.63, 3.8) is 0 Å². The van der Waals surface area contributed by atoms with Crippen LogP contribution in [0.15, 0.2) is 18.3 Å². The number of carbonyl (C=O) groups is 2. The summed E-state index contributed by atoms with van der Waals surface area (Å²) >= 11 is 0. The quantitative estimate of drug-likeness (QED) is 0.615. The lowest BCUT2D eigenvalue weighted by molar-refractivity contribution is -0.232. The molecular formula is C24H27F4N5O3. The van der Waals surface area contributed by atoms with Crippen LogP contribution in [0.3, 0.4) is 0 Å². The van der Waals surface area contributed by atoms with E-state index in [0.717, 1.165) is 19.0 Å². The molecule has 36 heavy (non-hydrogen) atoms. The van der Waals surface area contributed by atoms with Gasteiger partial charge in [0, 0.05) is 29.3 Å². The van der Waals surface area contributed by atoms with E-state index in [2.05, 4.69) is 20.5 Å². The number of nitrogens with one attached hydrogen (secondary N) is 2. The van der Waals surface area contributed by atoms with E-state index in [9.17, 15) is 27.2 Å². The van der Waals surface area contributed by atoms with E-state index in [1.807, 2.05) is 0 Å². The Labute approximate surface area is 204 Å². The number of nitrogens with zero attached hydrogens (tertiary/aromatic N) is 3. The van der Waals surface area contributed by atoms with Crippen LogP contribution in [0, 0.1) is 18.7 Å². The first kappa shape index (κ1) is 24.7. The van der Waals surface area contributed by atoms with Gasteiger partial charge >= 0.3 is 6.18 Å². The summed E-state index contributed by atoms with van der Waals surface area (Å²) < 4.78 is 57.5. The molecule has 2 aromatic rings. The van der Waals surface area contributed by atoms with Crippen molar-refractivity contribution < 1.29 is 31.9 Å². The zero-order chi connectivity index (χ0) is 25.6. The fraction of sp³-hybridized carbons (Fsp3) is 0.583. The summed E-state index contributed by atoms with van der Waals surface area (Å²) in [5.74, 6) is -1.30. The molecule has 0 aliphatic carbocycles. The Balaban J connectivity index is 1.20. The Morgan fingerprint density at radius 1 is 1.14 bits per heavy atom. The first-order valence-corrected chi connectivity index (χ1v) is 12.1.